The third-order valence-corrected chi connectivity index (χ3v) is 11.8. The van der Waals surface area contributed by atoms with Crippen molar-refractivity contribution >= 4 is 39.4 Å². The van der Waals surface area contributed by atoms with Gasteiger partial charge in [-0.1, -0.05) is 78.2 Å². The molecule has 0 spiro atoms. The average Bonchev–Trinajstić information content (AvgIpc) is 3.54. The van der Waals surface area contributed by atoms with E-state index >= 15 is 0 Å². The molecule has 1 aromatic carbocycles. The van der Waals surface area contributed by atoms with Crippen molar-refractivity contribution in [1.29, 1.82) is 0 Å². The Hall–Kier alpha value is -4.18. The van der Waals surface area contributed by atoms with Crippen molar-refractivity contribution in [3.05, 3.63) is 43.0 Å². The van der Waals surface area contributed by atoms with Crippen molar-refractivity contribution in [1.82, 2.24) is 26.2 Å². The molecule has 51 heavy (non-hydrogen) atoms. The number of Topliss-reactive ketones (excluding diaryl/α,β-unsaturated/α-hetero) is 1. The van der Waals surface area contributed by atoms with Crippen molar-refractivity contribution < 1.29 is 32.4 Å². The summed E-state index contributed by atoms with van der Waals surface area (Å²) in [6, 6.07) is 4.21. The summed E-state index contributed by atoms with van der Waals surface area (Å²) in [7, 11) is -3.74. The number of nitrogens with zero attached hydrogens (tertiary/aromatic N) is 1. The quantitative estimate of drug-likeness (QED) is 0.122. The van der Waals surface area contributed by atoms with Crippen LogP contribution in [0.25, 0.3) is 0 Å². The SMILES string of the molecule is C#CCCC(NC(=O)C1CC(C(C)C)CN1C(=O)C(NC(=O)NC1(CS(=O)(=O)c2ccccc2)CCCCC1)C(C)(C)C)C(=O)C(=O)NCC=C. The Morgan fingerprint density at radius 2 is 1.71 bits per heavy atom. The molecule has 3 rings (SSSR count). The van der Waals surface area contributed by atoms with Gasteiger partial charge < -0.3 is 26.2 Å². The van der Waals surface area contributed by atoms with Gasteiger partial charge in [-0.15, -0.1) is 18.9 Å². The van der Waals surface area contributed by atoms with Crippen molar-refractivity contribution in [2.75, 3.05) is 18.8 Å². The topological polar surface area (TPSA) is 171 Å². The molecule has 12 nitrogen and oxygen atoms in total. The number of terminal acetylenes is 1. The molecular formula is C38H55N5O7S. The predicted molar refractivity (Wildman–Crippen MR) is 196 cm³/mol. The van der Waals surface area contributed by atoms with Crippen LogP contribution in [0.15, 0.2) is 47.9 Å². The van der Waals surface area contributed by atoms with Crippen LogP contribution in [0.2, 0.25) is 0 Å². The maximum absolute atomic E-state index is 14.5. The molecule has 1 aromatic rings. The van der Waals surface area contributed by atoms with Crippen LogP contribution in [0.1, 0.15) is 86.0 Å². The van der Waals surface area contributed by atoms with E-state index in [2.05, 4.69) is 33.8 Å². The molecule has 13 heteroatoms. The summed E-state index contributed by atoms with van der Waals surface area (Å²) in [6.07, 6.45) is 10.7. The number of nitrogens with one attached hydrogen (secondary N) is 4. The van der Waals surface area contributed by atoms with E-state index in [0.717, 1.165) is 19.3 Å². The lowest BCUT2D eigenvalue weighted by Crippen LogP contribution is -2.63. The van der Waals surface area contributed by atoms with Gasteiger partial charge >= 0.3 is 6.03 Å². The van der Waals surface area contributed by atoms with E-state index in [1.807, 2.05) is 13.8 Å². The number of sulfone groups is 1. The van der Waals surface area contributed by atoms with Crippen molar-refractivity contribution in [2.24, 2.45) is 17.3 Å². The maximum Gasteiger partial charge on any atom is 0.315 e. The first-order valence-corrected chi connectivity index (χ1v) is 19.4. The van der Waals surface area contributed by atoms with E-state index in [1.165, 1.54) is 23.1 Å². The van der Waals surface area contributed by atoms with Gasteiger partial charge in [-0.3, -0.25) is 19.2 Å². The molecule has 2 fully saturated rings. The molecule has 0 bridgehead atoms. The molecule has 4 unspecified atom stereocenters. The molecule has 280 valence electrons. The smallest absolute Gasteiger partial charge is 0.315 e. The van der Waals surface area contributed by atoms with E-state index in [0.29, 0.717) is 19.3 Å². The Morgan fingerprint density at radius 3 is 2.27 bits per heavy atom. The minimum Gasteiger partial charge on any atom is -0.346 e. The predicted octanol–water partition coefficient (Wildman–Crippen LogP) is 3.52. The van der Waals surface area contributed by atoms with E-state index in [4.69, 9.17) is 6.42 Å². The van der Waals surface area contributed by atoms with E-state index < -0.39 is 68.5 Å². The molecular weight excluding hydrogens is 671 g/mol. The Bertz CT molecular complexity index is 1570. The fourth-order valence-electron chi connectivity index (χ4n) is 6.85. The molecule has 1 saturated heterocycles. The molecule has 1 heterocycles. The first kappa shape index (κ1) is 41.2. The van der Waals surface area contributed by atoms with Crippen molar-refractivity contribution in [3.8, 4) is 12.3 Å². The molecule has 1 aliphatic carbocycles. The number of benzene rings is 1. The van der Waals surface area contributed by atoms with Crippen LogP contribution in [-0.4, -0.2) is 85.4 Å². The lowest BCUT2D eigenvalue weighted by atomic mass is 9.83. The van der Waals surface area contributed by atoms with Gasteiger partial charge in [-0.2, -0.15) is 0 Å². The van der Waals surface area contributed by atoms with Gasteiger partial charge in [-0.25, -0.2) is 13.2 Å². The highest BCUT2D eigenvalue weighted by Gasteiger charge is 2.47. The highest BCUT2D eigenvalue weighted by Crippen LogP contribution is 2.34. The zero-order chi connectivity index (χ0) is 38.0. The average molecular weight is 726 g/mol. The molecule has 0 radical (unpaired) electrons. The molecule has 5 amide bonds. The Balaban J connectivity index is 1.86. The summed E-state index contributed by atoms with van der Waals surface area (Å²) in [5.74, 6) is -0.592. The number of amides is 5. The summed E-state index contributed by atoms with van der Waals surface area (Å²) in [5.41, 5.74) is -1.84. The second kappa shape index (κ2) is 17.8. The summed E-state index contributed by atoms with van der Waals surface area (Å²) >= 11 is 0. The van der Waals surface area contributed by atoms with E-state index in [-0.39, 0.29) is 48.4 Å². The number of hydrogen-bond acceptors (Lipinski definition) is 7. The Morgan fingerprint density at radius 1 is 1.06 bits per heavy atom. The number of ketones is 1. The minimum atomic E-state index is -3.74. The number of urea groups is 1. The van der Waals surface area contributed by atoms with Gasteiger partial charge in [0.1, 0.15) is 12.1 Å². The Labute approximate surface area is 303 Å². The number of carbonyl (C=O) groups is 5. The van der Waals surface area contributed by atoms with Crippen molar-refractivity contribution in [2.45, 2.75) is 115 Å². The number of rotatable bonds is 15. The fraction of sp³-hybridized carbons (Fsp3) is 0.605. The van der Waals surface area contributed by atoms with Crippen LogP contribution in [-0.2, 0) is 29.0 Å². The zero-order valence-electron chi connectivity index (χ0n) is 30.6. The molecule has 4 atom stereocenters. The second-order valence-corrected chi connectivity index (χ2v) is 17.2. The largest absolute Gasteiger partial charge is 0.346 e. The number of carbonyl (C=O) groups excluding carboxylic acids is 5. The summed E-state index contributed by atoms with van der Waals surface area (Å²) < 4.78 is 26.9. The van der Waals surface area contributed by atoms with Crippen LogP contribution in [0.3, 0.4) is 0 Å². The fourth-order valence-corrected chi connectivity index (χ4v) is 8.68. The normalized spacial score (nSPS) is 20.0. The minimum absolute atomic E-state index is 0.0327. The Kier molecular flexibility index (Phi) is 14.4. The van der Waals surface area contributed by atoms with Crippen LogP contribution >= 0.6 is 0 Å². The molecule has 1 aliphatic heterocycles. The molecule has 2 aliphatic rings. The number of hydrogen-bond donors (Lipinski definition) is 4. The van der Waals surface area contributed by atoms with Gasteiger partial charge in [0.05, 0.1) is 22.2 Å². The third-order valence-electron chi connectivity index (χ3n) is 9.85. The highest BCUT2D eigenvalue weighted by atomic mass is 32.2. The second-order valence-electron chi connectivity index (χ2n) is 15.2. The first-order valence-electron chi connectivity index (χ1n) is 17.8. The van der Waals surface area contributed by atoms with E-state index in [1.54, 1.807) is 39.0 Å². The standard InChI is InChI=1S/C38H55N5O7S/c1-8-10-19-29(31(44)34(46)39-22-9-2)40-33(45)30-23-27(26(3)4)24-43(30)35(47)32(37(5,6)7)41-36(48)42-38(20-15-12-16-21-38)25-51(49,50)28-17-13-11-14-18-28/h1,9,11,13-14,17-18,26-27,29-30,32H,2,10,12,15-16,19-25H2,3-7H3,(H,39,46)(H,40,45)(H2,41,42,48). The van der Waals surface area contributed by atoms with Gasteiger partial charge in [0, 0.05) is 19.5 Å². The number of likely N-dealkylation sites (tertiary alicyclic amines) is 1. The van der Waals surface area contributed by atoms with Gasteiger partial charge in [0.15, 0.2) is 9.84 Å². The van der Waals surface area contributed by atoms with E-state index in [9.17, 15) is 32.4 Å². The molecule has 0 aromatic heterocycles. The molecule has 1 saturated carbocycles. The van der Waals surface area contributed by atoms with Gasteiger partial charge in [0.2, 0.25) is 17.6 Å². The maximum atomic E-state index is 14.5. The monoisotopic (exact) mass is 725 g/mol. The third kappa shape index (κ3) is 11.2. The lowest BCUT2D eigenvalue weighted by molar-refractivity contribution is -0.143. The zero-order valence-corrected chi connectivity index (χ0v) is 31.4. The molecule has 4 N–H and O–H groups in total. The summed E-state index contributed by atoms with van der Waals surface area (Å²) in [6.45, 7) is 13.2. The first-order chi connectivity index (χ1) is 23.9. The summed E-state index contributed by atoms with van der Waals surface area (Å²) in [5, 5.41) is 10.9. The van der Waals surface area contributed by atoms with Gasteiger partial charge in [-0.05, 0) is 55.1 Å². The lowest BCUT2D eigenvalue weighted by Gasteiger charge is -2.40. The van der Waals surface area contributed by atoms with Crippen LogP contribution < -0.4 is 21.3 Å². The highest BCUT2D eigenvalue weighted by molar-refractivity contribution is 7.91. The summed E-state index contributed by atoms with van der Waals surface area (Å²) in [4.78, 5) is 69.3. The van der Waals surface area contributed by atoms with Crippen LogP contribution in [0, 0.1) is 29.6 Å². The van der Waals surface area contributed by atoms with Crippen LogP contribution in [0.4, 0.5) is 4.79 Å². The van der Waals surface area contributed by atoms with Crippen molar-refractivity contribution in [3.63, 3.8) is 0 Å². The van der Waals surface area contributed by atoms with Gasteiger partial charge in [0.25, 0.3) is 5.91 Å². The van der Waals surface area contributed by atoms with Crippen LogP contribution in [0.5, 0.6) is 0 Å².